The van der Waals surface area contributed by atoms with E-state index >= 15 is 0 Å². The Balaban J connectivity index is 1.82. The van der Waals surface area contributed by atoms with Crippen LogP contribution >= 0.6 is 12.2 Å². The van der Waals surface area contributed by atoms with Crippen LogP contribution in [-0.2, 0) is 0 Å². The maximum absolute atomic E-state index is 8.45. The fraction of sp³-hybridized carbons (Fsp3) is 0.118. The van der Waals surface area contributed by atoms with Gasteiger partial charge in [-0.2, -0.15) is 10.4 Å². The van der Waals surface area contributed by atoms with E-state index in [1.807, 2.05) is 42.5 Å². The van der Waals surface area contributed by atoms with Gasteiger partial charge in [-0.15, -0.1) is 0 Å². The van der Waals surface area contributed by atoms with E-state index in [2.05, 4.69) is 15.8 Å². The van der Waals surface area contributed by atoms with E-state index in [4.69, 9.17) is 27.0 Å². The summed E-state index contributed by atoms with van der Waals surface area (Å²) in [6.07, 6.45) is 1.63. The van der Waals surface area contributed by atoms with E-state index in [-0.39, 0.29) is 6.61 Å². The minimum absolute atomic E-state index is 0.0281. The molecule has 6 nitrogen and oxygen atoms in total. The second-order valence-corrected chi connectivity index (χ2v) is 4.98. The van der Waals surface area contributed by atoms with Gasteiger partial charge in [-0.05, 0) is 66.3 Å². The number of hydrogen-bond acceptors (Lipinski definition) is 5. The standard InChI is InChI=1S/C17H16N4O2S/c1-22-15-8-4-14(5-9-15)20-17(24)21-19-12-13-2-6-16(7-3-13)23-11-10-18/h2-9,12H,11H2,1H3,(H2,20,21,24)/b19-12-. The number of methoxy groups -OCH3 is 1. The zero-order valence-corrected chi connectivity index (χ0v) is 13.8. The third-order valence-electron chi connectivity index (χ3n) is 2.91. The molecule has 2 aromatic rings. The predicted octanol–water partition coefficient (Wildman–Crippen LogP) is 2.92. The molecule has 0 heterocycles. The lowest BCUT2D eigenvalue weighted by molar-refractivity contribution is 0.368. The van der Waals surface area contributed by atoms with Crippen molar-refractivity contribution in [3.8, 4) is 17.6 Å². The molecule has 2 aromatic carbocycles. The molecule has 0 saturated heterocycles. The quantitative estimate of drug-likeness (QED) is 0.478. The lowest BCUT2D eigenvalue weighted by Gasteiger charge is -2.07. The summed E-state index contributed by atoms with van der Waals surface area (Å²) in [5.74, 6) is 1.41. The van der Waals surface area contributed by atoms with E-state index in [0.29, 0.717) is 10.9 Å². The minimum atomic E-state index is 0.0281. The van der Waals surface area contributed by atoms with Crippen LogP contribution in [0.1, 0.15) is 5.56 Å². The molecule has 0 saturated carbocycles. The van der Waals surface area contributed by atoms with Gasteiger partial charge < -0.3 is 14.8 Å². The van der Waals surface area contributed by atoms with Crippen LogP contribution in [0.5, 0.6) is 11.5 Å². The zero-order valence-electron chi connectivity index (χ0n) is 13.0. The van der Waals surface area contributed by atoms with Gasteiger partial charge in [0, 0.05) is 5.69 Å². The van der Waals surface area contributed by atoms with E-state index in [0.717, 1.165) is 17.0 Å². The number of hydrazone groups is 1. The Bertz CT molecular complexity index is 737. The molecule has 0 bridgehead atoms. The van der Waals surface area contributed by atoms with E-state index in [1.54, 1.807) is 25.5 Å². The molecule has 122 valence electrons. The van der Waals surface area contributed by atoms with Crippen molar-refractivity contribution in [3.05, 3.63) is 54.1 Å². The van der Waals surface area contributed by atoms with Crippen LogP contribution in [0.25, 0.3) is 0 Å². The fourth-order valence-corrected chi connectivity index (χ4v) is 1.94. The molecule has 2 N–H and O–H groups in total. The second-order valence-electron chi connectivity index (χ2n) is 4.57. The van der Waals surface area contributed by atoms with Crippen molar-refractivity contribution in [2.45, 2.75) is 0 Å². The second kappa shape index (κ2) is 9.12. The first kappa shape index (κ1) is 17.2. The number of benzene rings is 2. The topological polar surface area (TPSA) is 78.7 Å². The van der Waals surface area contributed by atoms with Gasteiger partial charge in [0.2, 0.25) is 0 Å². The van der Waals surface area contributed by atoms with Crippen molar-refractivity contribution < 1.29 is 9.47 Å². The zero-order chi connectivity index (χ0) is 17.2. The van der Waals surface area contributed by atoms with Crippen molar-refractivity contribution in [1.82, 2.24) is 5.43 Å². The average molecular weight is 340 g/mol. The highest BCUT2D eigenvalue weighted by Crippen LogP contribution is 2.14. The molecule has 0 aliphatic rings. The van der Waals surface area contributed by atoms with Gasteiger partial charge in [0.05, 0.1) is 13.3 Å². The smallest absolute Gasteiger partial charge is 0.191 e. The lowest BCUT2D eigenvalue weighted by Crippen LogP contribution is -2.23. The Kier molecular flexibility index (Phi) is 6.56. The van der Waals surface area contributed by atoms with Crippen molar-refractivity contribution in [2.75, 3.05) is 19.0 Å². The molecule has 0 amide bonds. The van der Waals surface area contributed by atoms with Gasteiger partial charge in [0.25, 0.3) is 0 Å². The number of nitriles is 1. The third kappa shape index (κ3) is 5.59. The molecule has 0 fully saturated rings. The van der Waals surface area contributed by atoms with E-state index in [9.17, 15) is 0 Å². The fourth-order valence-electron chi connectivity index (χ4n) is 1.76. The number of nitrogens with zero attached hydrogens (tertiary/aromatic N) is 2. The summed E-state index contributed by atoms with van der Waals surface area (Å²) >= 11 is 5.16. The summed E-state index contributed by atoms with van der Waals surface area (Å²) in [7, 11) is 1.62. The molecule has 0 spiro atoms. The van der Waals surface area contributed by atoms with Crippen LogP contribution in [0.4, 0.5) is 5.69 Å². The van der Waals surface area contributed by atoms with Gasteiger partial charge in [-0.1, -0.05) is 0 Å². The first-order valence-corrected chi connectivity index (χ1v) is 7.46. The highest BCUT2D eigenvalue weighted by atomic mass is 32.1. The van der Waals surface area contributed by atoms with Crippen molar-refractivity contribution in [2.24, 2.45) is 5.10 Å². The van der Waals surface area contributed by atoms with Crippen molar-refractivity contribution >= 4 is 29.2 Å². The summed E-state index contributed by atoms with van der Waals surface area (Å²) in [6, 6.07) is 16.5. The van der Waals surface area contributed by atoms with Crippen molar-refractivity contribution in [3.63, 3.8) is 0 Å². The number of rotatable bonds is 6. The third-order valence-corrected chi connectivity index (χ3v) is 3.10. The number of anilines is 1. The Morgan fingerprint density at radius 2 is 1.83 bits per heavy atom. The molecule has 24 heavy (non-hydrogen) atoms. The van der Waals surface area contributed by atoms with Crippen molar-refractivity contribution in [1.29, 1.82) is 5.26 Å². The van der Waals surface area contributed by atoms with E-state index in [1.165, 1.54) is 0 Å². The van der Waals surface area contributed by atoms with Crippen LogP contribution in [-0.4, -0.2) is 25.0 Å². The summed E-state index contributed by atoms with van der Waals surface area (Å²) < 4.78 is 10.3. The van der Waals surface area contributed by atoms with Crippen LogP contribution in [0.2, 0.25) is 0 Å². The maximum Gasteiger partial charge on any atom is 0.191 e. The molecular weight excluding hydrogens is 324 g/mol. The largest absolute Gasteiger partial charge is 0.497 e. The molecule has 2 rings (SSSR count). The summed E-state index contributed by atoms with van der Waals surface area (Å²) in [5.41, 5.74) is 4.45. The molecule has 0 unspecified atom stereocenters. The molecular formula is C17H16N4O2S. The van der Waals surface area contributed by atoms with Crippen LogP contribution < -0.4 is 20.2 Å². The van der Waals surface area contributed by atoms with Crippen LogP contribution in [0.15, 0.2) is 53.6 Å². The monoisotopic (exact) mass is 340 g/mol. The predicted molar refractivity (Wildman–Crippen MR) is 97.5 cm³/mol. The summed E-state index contributed by atoms with van der Waals surface area (Å²) in [6.45, 7) is 0.0281. The minimum Gasteiger partial charge on any atom is -0.497 e. The highest BCUT2D eigenvalue weighted by Gasteiger charge is 1.97. The SMILES string of the molecule is COc1ccc(NC(=S)N/N=C\c2ccc(OCC#N)cc2)cc1. The number of hydrogen-bond donors (Lipinski definition) is 2. The Morgan fingerprint density at radius 1 is 1.17 bits per heavy atom. The normalized spacial score (nSPS) is 10.0. The van der Waals surface area contributed by atoms with Gasteiger partial charge in [-0.3, -0.25) is 5.43 Å². The first-order chi connectivity index (χ1) is 11.7. The Labute approximate surface area is 145 Å². The van der Waals surface area contributed by atoms with E-state index < -0.39 is 0 Å². The highest BCUT2D eigenvalue weighted by molar-refractivity contribution is 7.80. The molecule has 0 aliphatic heterocycles. The maximum atomic E-state index is 8.45. The Morgan fingerprint density at radius 3 is 2.46 bits per heavy atom. The average Bonchev–Trinajstić information content (AvgIpc) is 2.61. The number of nitrogens with one attached hydrogen (secondary N) is 2. The van der Waals surface area contributed by atoms with Gasteiger partial charge in [-0.25, -0.2) is 0 Å². The molecule has 0 aliphatic carbocycles. The van der Waals surface area contributed by atoms with Gasteiger partial charge >= 0.3 is 0 Å². The van der Waals surface area contributed by atoms with Crippen LogP contribution in [0, 0.1) is 11.3 Å². The summed E-state index contributed by atoms with van der Waals surface area (Å²) in [5, 5.41) is 15.9. The molecule has 0 radical (unpaired) electrons. The van der Waals surface area contributed by atoms with Gasteiger partial charge in [0.15, 0.2) is 11.7 Å². The Hall–Kier alpha value is -3.11. The van der Waals surface area contributed by atoms with Gasteiger partial charge in [0.1, 0.15) is 17.6 Å². The molecule has 0 aromatic heterocycles. The number of thiocarbonyl (C=S) groups is 1. The molecule has 0 atom stereocenters. The van der Waals surface area contributed by atoms with Crippen LogP contribution in [0.3, 0.4) is 0 Å². The number of ether oxygens (including phenoxy) is 2. The first-order valence-electron chi connectivity index (χ1n) is 7.05. The summed E-state index contributed by atoms with van der Waals surface area (Å²) in [4.78, 5) is 0. The molecule has 7 heteroatoms. The lowest BCUT2D eigenvalue weighted by atomic mass is 10.2.